The fourth-order valence-corrected chi connectivity index (χ4v) is 1.76. The fourth-order valence-electron chi connectivity index (χ4n) is 1.10. The van der Waals surface area contributed by atoms with Crippen molar-refractivity contribution < 1.29 is 14.8 Å². The van der Waals surface area contributed by atoms with Crippen molar-refractivity contribution in [1.82, 2.24) is 0 Å². The van der Waals surface area contributed by atoms with E-state index in [9.17, 15) is 14.9 Å². The van der Waals surface area contributed by atoms with Gasteiger partial charge in [0, 0.05) is 10.5 Å². The molecule has 0 atom stereocenters. The number of benzene rings is 1. The molecule has 0 saturated heterocycles. The second-order valence-corrected chi connectivity index (χ2v) is 3.68. The van der Waals surface area contributed by atoms with Gasteiger partial charge in [-0.1, -0.05) is 0 Å². The lowest BCUT2D eigenvalue weighted by atomic mass is 10.2. The van der Waals surface area contributed by atoms with Crippen LogP contribution in [0, 0.1) is 17.0 Å². The molecule has 0 spiro atoms. The number of nitrogens with one attached hydrogen (secondary N) is 1. The van der Waals surface area contributed by atoms with Crippen molar-refractivity contribution in [2.45, 2.75) is 6.92 Å². The number of nitrogens with zero attached hydrogens (tertiary/aromatic N) is 1. The molecular formula is C8H7BrN2O4. The minimum atomic E-state index is -1.34. The first-order valence-corrected chi connectivity index (χ1v) is 4.65. The number of halogens is 1. The number of hydrogen-bond donors (Lipinski definition) is 2. The minimum absolute atomic E-state index is 0.0573. The minimum Gasteiger partial charge on any atom is -0.465 e. The summed E-state index contributed by atoms with van der Waals surface area (Å²) in [6.45, 7) is 1.68. The normalized spacial score (nSPS) is 9.73. The molecule has 1 aromatic carbocycles. The highest BCUT2D eigenvalue weighted by molar-refractivity contribution is 9.10. The summed E-state index contributed by atoms with van der Waals surface area (Å²) in [7, 11) is 0. The van der Waals surface area contributed by atoms with Crippen LogP contribution >= 0.6 is 15.9 Å². The smallest absolute Gasteiger partial charge is 0.409 e. The predicted octanol–water partition coefficient (Wildman–Crippen LogP) is 2.76. The molecule has 0 aliphatic heterocycles. The molecule has 15 heavy (non-hydrogen) atoms. The Hall–Kier alpha value is -1.63. The predicted molar refractivity (Wildman–Crippen MR) is 57.2 cm³/mol. The zero-order chi connectivity index (χ0) is 11.6. The Labute approximate surface area is 93.2 Å². The molecule has 0 bridgehead atoms. The van der Waals surface area contributed by atoms with E-state index in [1.807, 2.05) is 5.32 Å². The van der Waals surface area contributed by atoms with Crippen molar-refractivity contribution in [2.75, 3.05) is 5.32 Å². The van der Waals surface area contributed by atoms with Gasteiger partial charge >= 0.3 is 6.09 Å². The zero-order valence-corrected chi connectivity index (χ0v) is 9.24. The number of amides is 1. The quantitative estimate of drug-likeness (QED) is 0.641. The topological polar surface area (TPSA) is 92.5 Å². The van der Waals surface area contributed by atoms with Crippen LogP contribution in [-0.2, 0) is 0 Å². The third-order valence-electron chi connectivity index (χ3n) is 1.64. The van der Waals surface area contributed by atoms with Crippen LogP contribution in [0.5, 0.6) is 0 Å². The van der Waals surface area contributed by atoms with Gasteiger partial charge in [0.2, 0.25) is 0 Å². The molecular weight excluding hydrogens is 268 g/mol. The summed E-state index contributed by atoms with van der Waals surface area (Å²) in [6, 6.07) is 2.90. The molecule has 0 fully saturated rings. The first-order valence-electron chi connectivity index (χ1n) is 3.86. The summed E-state index contributed by atoms with van der Waals surface area (Å²) in [5, 5.41) is 21.2. The Balaban J connectivity index is 3.33. The molecule has 0 aromatic heterocycles. The average Bonchev–Trinajstić information content (AvgIpc) is 2.08. The Morgan fingerprint density at radius 2 is 2.20 bits per heavy atom. The molecule has 0 aliphatic carbocycles. The Bertz CT molecular complexity index is 433. The van der Waals surface area contributed by atoms with Gasteiger partial charge in [-0.25, -0.2) is 4.79 Å². The van der Waals surface area contributed by atoms with Gasteiger partial charge in [-0.3, -0.25) is 15.4 Å². The highest BCUT2D eigenvalue weighted by atomic mass is 79.9. The number of aryl methyl sites for hydroxylation is 1. The lowest BCUT2D eigenvalue weighted by Gasteiger charge is -2.05. The third kappa shape index (κ3) is 2.66. The fraction of sp³-hybridized carbons (Fsp3) is 0.125. The number of carbonyl (C=O) groups is 1. The molecule has 0 heterocycles. The maximum absolute atomic E-state index is 10.7. The SMILES string of the molecule is Cc1cc(Br)c(NC(=O)O)c([N+](=O)[O-])c1. The molecule has 7 heteroatoms. The van der Waals surface area contributed by atoms with E-state index in [2.05, 4.69) is 15.9 Å². The van der Waals surface area contributed by atoms with Crippen LogP contribution in [0.3, 0.4) is 0 Å². The van der Waals surface area contributed by atoms with Crippen molar-refractivity contribution >= 4 is 33.4 Å². The van der Waals surface area contributed by atoms with Crippen molar-refractivity contribution in [3.63, 3.8) is 0 Å². The largest absolute Gasteiger partial charge is 0.465 e. The van der Waals surface area contributed by atoms with Crippen molar-refractivity contribution in [1.29, 1.82) is 0 Å². The van der Waals surface area contributed by atoms with E-state index in [4.69, 9.17) is 5.11 Å². The van der Waals surface area contributed by atoms with Crippen molar-refractivity contribution in [3.8, 4) is 0 Å². The summed E-state index contributed by atoms with van der Waals surface area (Å²) in [6.07, 6.45) is -1.34. The van der Waals surface area contributed by atoms with Gasteiger partial charge in [-0.2, -0.15) is 0 Å². The van der Waals surface area contributed by atoms with Crippen LogP contribution in [-0.4, -0.2) is 16.1 Å². The van der Waals surface area contributed by atoms with Crippen LogP contribution < -0.4 is 5.32 Å². The van der Waals surface area contributed by atoms with E-state index in [0.29, 0.717) is 10.0 Å². The van der Waals surface area contributed by atoms with Crippen LogP contribution in [0.15, 0.2) is 16.6 Å². The van der Waals surface area contributed by atoms with E-state index in [1.165, 1.54) is 6.07 Å². The van der Waals surface area contributed by atoms with Gasteiger partial charge in [0.15, 0.2) is 0 Å². The Kier molecular flexibility index (Phi) is 3.25. The highest BCUT2D eigenvalue weighted by Gasteiger charge is 2.19. The molecule has 0 radical (unpaired) electrons. The monoisotopic (exact) mass is 274 g/mol. The van der Waals surface area contributed by atoms with Crippen molar-refractivity contribution in [3.05, 3.63) is 32.3 Å². The number of rotatable bonds is 2. The lowest BCUT2D eigenvalue weighted by molar-refractivity contribution is -0.384. The Morgan fingerprint density at radius 1 is 1.60 bits per heavy atom. The van der Waals surface area contributed by atoms with E-state index in [-0.39, 0.29) is 11.4 Å². The summed E-state index contributed by atoms with van der Waals surface area (Å²) >= 11 is 3.06. The number of anilines is 1. The highest BCUT2D eigenvalue weighted by Crippen LogP contribution is 2.33. The lowest BCUT2D eigenvalue weighted by Crippen LogP contribution is -2.10. The van der Waals surface area contributed by atoms with Crippen LogP contribution in [0.2, 0.25) is 0 Å². The number of nitro benzene ring substituents is 1. The van der Waals surface area contributed by atoms with Gasteiger partial charge in [0.25, 0.3) is 5.69 Å². The van der Waals surface area contributed by atoms with E-state index >= 15 is 0 Å². The van der Waals surface area contributed by atoms with E-state index < -0.39 is 11.0 Å². The van der Waals surface area contributed by atoms with Gasteiger partial charge in [-0.15, -0.1) is 0 Å². The average molecular weight is 275 g/mol. The van der Waals surface area contributed by atoms with Gasteiger partial charge in [0.05, 0.1) is 4.92 Å². The molecule has 2 N–H and O–H groups in total. The Morgan fingerprint density at radius 3 is 2.67 bits per heavy atom. The molecule has 0 saturated carbocycles. The summed E-state index contributed by atoms with van der Waals surface area (Å²) < 4.78 is 0.344. The number of hydrogen-bond acceptors (Lipinski definition) is 3. The first-order chi connectivity index (χ1) is 6.91. The molecule has 1 aromatic rings. The first kappa shape index (κ1) is 11.4. The zero-order valence-electron chi connectivity index (χ0n) is 7.65. The molecule has 80 valence electrons. The number of nitro groups is 1. The van der Waals surface area contributed by atoms with Gasteiger partial charge in [-0.05, 0) is 34.5 Å². The molecule has 0 unspecified atom stereocenters. The molecule has 0 aliphatic rings. The van der Waals surface area contributed by atoms with E-state index in [0.717, 1.165) is 0 Å². The second-order valence-electron chi connectivity index (χ2n) is 2.83. The maximum Gasteiger partial charge on any atom is 0.409 e. The molecule has 1 amide bonds. The second kappa shape index (κ2) is 4.26. The van der Waals surface area contributed by atoms with Crippen LogP contribution in [0.1, 0.15) is 5.56 Å². The number of carboxylic acid groups (broad SMARTS) is 1. The van der Waals surface area contributed by atoms with Gasteiger partial charge in [0.1, 0.15) is 5.69 Å². The maximum atomic E-state index is 10.7. The van der Waals surface area contributed by atoms with Gasteiger partial charge < -0.3 is 5.11 Å². The van der Waals surface area contributed by atoms with Crippen LogP contribution in [0.4, 0.5) is 16.2 Å². The van der Waals surface area contributed by atoms with E-state index in [1.54, 1.807) is 13.0 Å². The summed E-state index contributed by atoms with van der Waals surface area (Å²) in [4.78, 5) is 20.4. The molecule has 6 nitrogen and oxygen atoms in total. The third-order valence-corrected chi connectivity index (χ3v) is 2.27. The summed E-state index contributed by atoms with van der Waals surface area (Å²) in [5.74, 6) is 0. The molecule has 1 rings (SSSR count). The van der Waals surface area contributed by atoms with Crippen LogP contribution in [0.25, 0.3) is 0 Å². The standard InChI is InChI=1S/C8H7BrN2O4/c1-4-2-5(9)7(10-8(12)13)6(3-4)11(14)15/h2-3,10H,1H3,(H,12,13). The summed E-state index contributed by atoms with van der Waals surface area (Å²) in [5.41, 5.74) is 0.340. The van der Waals surface area contributed by atoms with Crippen molar-refractivity contribution in [2.24, 2.45) is 0 Å².